The highest BCUT2D eigenvalue weighted by molar-refractivity contribution is 6.20. The number of hydrogen-bond donors (Lipinski definition) is 1. The van der Waals surface area contributed by atoms with Crippen LogP contribution in [0.5, 0.6) is 11.5 Å². The number of halogens is 2. The molecule has 0 spiro atoms. The zero-order valence-corrected chi connectivity index (χ0v) is 17.9. The van der Waals surface area contributed by atoms with E-state index in [0.717, 1.165) is 4.90 Å². The van der Waals surface area contributed by atoms with E-state index in [2.05, 4.69) is 4.74 Å². The molecule has 1 atom stereocenters. The third-order valence-corrected chi connectivity index (χ3v) is 5.37. The van der Waals surface area contributed by atoms with Crippen molar-refractivity contribution in [3.63, 3.8) is 0 Å². The normalized spacial score (nSPS) is 15.2. The first kappa shape index (κ1) is 22.5. The number of benzene rings is 3. The number of aliphatic hydroxyl groups is 1. The summed E-state index contributed by atoms with van der Waals surface area (Å²) in [6.45, 7) is -1.16. The van der Waals surface area contributed by atoms with E-state index in [1.165, 1.54) is 13.2 Å². The average Bonchev–Trinajstić information content (AvgIpc) is 3.04. The predicted octanol–water partition coefficient (Wildman–Crippen LogP) is 4.21. The van der Waals surface area contributed by atoms with Crippen LogP contribution in [0.4, 0.5) is 14.5 Å². The van der Waals surface area contributed by atoms with Crippen LogP contribution >= 0.6 is 0 Å². The number of nitrogens with zero attached hydrogens (tertiary/aromatic N) is 1. The molecule has 1 aliphatic heterocycles. The van der Waals surface area contributed by atoms with E-state index < -0.39 is 18.7 Å². The van der Waals surface area contributed by atoms with Crippen LogP contribution in [-0.4, -0.2) is 37.3 Å². The second-order valence-electron chi connectivity index (χ2n) is 7.30. The van der Waals surface area contributed by atoms with Gasteiger partial charge in [0.2, 0.25) is 0 Å². The summed E-state index contributed by atoms with van der Waals surface area (Å²) in [5, 5.41) is 11.9. The molecule has 1 amide bonds. The molecule has 0 aliphatic carbocycles. The van der Waals surface area contributed by atoms with Crippen molar-refractivity contribution in [2.24, 2.45) is 0 Å². The molecule has 3 aromatic carbocycles. The van der Waals surface area contributed by atoms with Crippen LogP contribution in [-0.2, 0) is 16.0 Å². The topological polar surface area (TPSA) is 85.3 Å². The Labute approximate surface area is 188 Å². The van der Waals surface area contributed by atoms with E-state index in [-0.39, 0.29) is 35.9 Å². The lowest BCUT2D eigenvalue weighted by Gasteiger charge is -2.22. The molecule has 1 aliphatic rings. The van der Waals surface area contributed by atoms with Gasteiger partial charge in [-0.3, -0.25) is 14.5 Å². The molecule has 4 rings (SSSR count). The lowest BCUT2D eigenvalue weighted by atomic mass is 9.98. The van der Waals surface area contributed by atoms with Gasteiger partial charge in [-0.1, -0.05) is 24.3 Å². The van der Waals surface area contributed by atoms with Crippen LogP contribution in [0, 0.1) is 0 Å². The van der Waals surface area contributed by atoms with Crippen LogP contribution in [0.15, 0.2) is 48.5 Å². The maximum absolute atomic E-state index is 13.5. The minimum Gasteiger partial charge on any atom is -0.496 e. The number of anilines is 1. The van der Waals surface area contributed by atoms with Gasteiger partial charge in [0.1, 0.15) is 11.5 Å². The molecule has 1 N–H and O–H groups in total. The number of carbonyl (C=O) groups is 2. The molecular formula is C24H21F2NO6. The fraction of sp³-hybridized carbons (Fsp3) is 0.250. The first-order valence-corrected chi connectivity index (χ1v) is 10.2. The molecule has 1 unspecified atom stereocenters. The zero-order chi connectivity index (χ0) is 23.7. The number of rotatable bonds is 7. The number of alkyl halides is 2. The van der Waals surface area contributed by atoms with E-state index in [4.69, 9.17) is 9.47 Å². The summed E-state index contributed by atoms with van der Waals surface area (Å²) in [5.74, 6) is -0.908. The molecule has 0 saturated carbocycles. The van der Waals surface area contributed by atoms with Crippen LogP contribution in [0.1, 0.15) is 34.6 Å². The van der Waals surface area contributed by atoms with Gasteiger partial charge in [0.25, 0.3) is 5.91 Å². The third kappa shape index (κ3) is 4.07. The molecule has 3 aromatic rings. The Balaban J connectivity index is 1.79. The fourth-order valence-corrected chi connectivity index (χ4v) is 4.03. The molecule has 9 heteroatoms. The molecule has 0 aromatic heterocycles. The molecule has 172 valence electrons. The minimum absolute atomic E-state index is 0.0312. The molecule has 1 heterocycles. The summed E-state index contributed by atoms with van der Waals surface area (Å²) >= 11 is 0. The highest BCUT2D eigenvalue weighted by Gasteiger charge is 2.42. The van der Waals surface area contributed by atoms with Gasteiger partial charge < -0.3 is 19.3 Å². The van der Waals surface area contributed by atoms with Crippen molar-refractivity contribution in [1.29, 1.82) is 0 Å². The van der Waals surface area contributed by atoms with Crippen LogP contribution in [0.3, 0.4) is 0 Å². The largest absolute Gasteiger partial charge is 0.496 e. The van der Waals surface area contributed by atoms with Gasteiger partial charge in [-0.05, 0) is 42.1 Å². The van der Waals surface area contributed by atoms with E-state index in [1.54, 1.807) is 49.4 Å². The van der Waals surface area contributed by atoms with Gasteiger partial charge >= 0.3 is 12.6 Å². The second-order valence-corrected chi connectivity index (χ2v) is 7.30. The maximum atomic E-state index is 13.5. The fourth-order valence-electron chi connectivity index (χ4n) is 4.03. The average molecular weight is 457 g/mol. The standard InChI is InChI=1S/C24H21F2NO6/c1-3-32-18(28)11-13-7-9-15(10-8-13)27-22(29)20-17(33-24(25)26)12-14-5-4-6-16(31-2)19(14)21(20)23(27)30/h4-10,12,22,24,29H,3,11H2,1-2H3. The Morgan fingerprint density at radius 2 is 1.88 bits per heavy atom. The summed E-state index contributed by atoms with van der Waals surface area (Å²) < 4.78 is 41.2. The van der Waals surface area contributed by atoms with Crippen molar-refractivity contribution < 1.29 is 37.7 Å². The number of aliphatic hydroxyl groups excluding tert-OH is 1. The van der Waals surface area contributed by atoms with Gasteiger partial charge in [0.15, 0.2) is 6.23 Å². The molecular weight excluding hydrogens is 436 g/mol. The number of amides is 1. The first-order valence-electron chi connectivity index (χ1n) is 10.2. The van der Waals surface area contributed by atoms with Gasteiger partial charge in [0.05, 0.1) is 31.3 Å². The summed E-state index contributed by atoms with van der Waals surface area (Å²) in [7, 11) is 1.43. The van der Waals surface area contributed by atoms with Gasteiger partial charge in [-0.2, -0.15) is 8.78 Å². The van der Waals surface area contributed by atoms with Crippen molar-refractivity contribution >= 4 is 28.3 Å². The number of esters is 1. The summed E-state index contributed by atoms with van der Waals surface area (Å²) in [6, 6.07) is 12.7. The van der Waals surface area contributed by atoms with E-state index in [0.29, 0.717) is 27.8 Å². The second kappa shape index (κ2) is 9.03. The molecule has 0 radical (unpaired) electrons. The van der Waals surface area contributed by atoms with Crippen molar-refractivity contribution in [3.05, 3.63) is 65.2 Å². The highest BCUT2D eigenvalue weighted by atomic mass is 19.3. The SMILES string of the molecule is CCOC(=O)Cc1ccc(N2C(=O)c3c(c(OC(F)F)cc4cccc(OC)c34)C2O)cc1. The molecule has 0 bridgehead atoms. The van der Waals surface area contributed by atoms with E-state index in [9.17, 15) is 23.5 Å². The van der Waals surface area contributed by atoms with Crippen molar-refractivity contribution in [3.8, 4) is 11.5 Å². The quantitative estimate of drug-likeness (QED) is 0.535. The van der Waals surface area contributed by atoms with Crippen LogP contribution in [0.25, 0.3) is 10.8 Å². The smallest absolute Gasteiger partial charge is 0.387 e. The Bertz CT molecular complexity index is 1210. The van der Waals surface area contributed by atoms with Crippen molar-refractivity contribution in [1.82, 2.24) is 0 Å². The monoisotopic (exact) mass is 457 g/mol. The zero-order valence-electron chi connectivity index (χ0n) is 17.9. The van der Waals surface area contributed by atoms with Crippen LogP contribution in [0.2, 0.25) is 0 Å². The Kier molecular flexibility index (Phi) is 6.15. The summed E-state index contributed by atoms with van der Waals surface area (Å²) in [6.07, 6.45) is -1.51. The number of hydrogen-bond acceptors (Lipinski definition) is 6. The number of ether oxygens (including phenoxy) is 3. The molecule has 0 saturated heterocycles. The minimum atomic E-state index is -3.14. The van der Waals surface area contributed by atoms with Gasteiger partial charge in [-0.15, -0.1) is 0 Å². The molecule has 33 heavy (non-hydrogen) atoms. The van der Waals surface area contributed by atoms with E-state index >= 15 is 0 Å². The Morgan fingerprint density at radius 1 is 1.15 bits per heavy atom. The van der Waals surface area contributed by atoms with Crippen LogP contribution < -0.4 is 14.4 Å². The number of fused-ring (bicyclic) bond motifs is 3. The first-order chi connectivity index (χ1) is 15.8. The Morgan fingerprint density at radius 3 is 2.52 bits per heavy atom. The van der Waals surface area contributed by atoms with Gasteiger partial charge in [0, 0.05) is 11.1 Å². The van der Waals surface area contributed by atoms with Gasteiger partial charge in [-0.25, -0.2) is 0 Å². The number of carbonyl (C=O) groups excluding carboxylic acids is 2. The van der Waals surface area contributed by atoms with Crippen molar-refractivity contribution in [2.75, 3.05) is 18.6 Å². The predicted molar refractivity (Wildman–Crippen MR) is 116 cm³/mol. The molecule has 0 fully saturated rings. The third-order valence-electron chi connectivity index (χ3n) is 5.37. The lowest BCUT2D eigenvalue weighted by molar-refractivity contribution is -0.142. The molecule has 7 nitrogen and oxygen atoms in total. The number of methoxy groups -OCH3 is 1. The maximum Gasteiger partial charge on any atom is 0.387 e. The van der Waals surface area contributed by atoms with Crippen molar-refractivity contribution in [2.45, 2.75) is 26.2 Å². The summed E-state index contributed by atoms with van der Waals surface area (Å²) in [4.78, 5) is 26.3. The summed E-state index contributed by atoms with van der Waals surface area (Å²) in [5.41, 5.74) is 0.948. The highest BCUT2D eigenvalue weighted by Crippen LogP contribution is 2.47. The Hall–Kier alpha value is -3.72. The lowest BCUT2D eigenvalue weighted by Crippen LogP contribution is -2.27. The van der Waals surface area contributed by atoms with E-state index in [1.807, 2.05) is 0 Å².